The molecule has 0 aromatic heterocycles. The number of nitrogens with one attached hydrogen (secondary N) is 1. The van der Waals surface area contributed by atoms with Crippen LogP contribution in [0.15, 0.2) is 48.6 Å². The van der Waals surface area contributed by atoms with Gasteiger partial charge in [-0.25, -0.2) is 0 Å². The van der Waals surface area contributed by atoms with Crippen LogP contribution < -0.4 is 5.32 Å². The Balaban J connectivity index is 4.60. The molecule has 3 unspecified atom stereocenters. The summed E-state index contributed by atoms with van der Waals surface area (Å²) in [6.07, 6.45) is 58.8. The smallest absolute Gasteiger partial charge is 0.306 e. The van der Waals surface area contributed by atoms with Gasteiger partial charge >= 0.3 is 5.97 Å². The Bertz CT molecular complexity index is 1050. The number of carbonyl (C=O) groups excluding carboxylic acids is 2. The lowest BCUT2D eigenvalue weighted by Gasteiger charge is -2.24. The van der Waals surface area contributed by atoms with E-state index in [0.29, 0.717) is 19.3 Å². The largest absolute Gasteiger partial charge is 0.462 e. The Morgan fingerprint density at radius 3 is 1.38 bits per heavy atom. The molecule has 0 saturated carbocycles. The zero-order valence-corrected chi connectivity index (χ0v) is 40.5. The van der Waals surface area contributed by atoms with E-state index >= 15 is 0 Å². The van der Waals surface area contributed by atoms with Gasteiger partial charge in [0.25, 0.3) is 0 Å². The molecule has 3 atom stereocenters. The molecule has 356 valence electrons. The second kappa shape index (κ2) is 48.8. The maximum atomic E-state index is 13.2. The van der Waals surface area contributed by atoms with Gasteiger partial charge in [-0.05, 0) is 70.6 Å². The predicted octanol–water partition coefficient (Wildman–Crippen LogP) is 15.8. The standard InChI is InChI=1S/C55H101NO5/c1-4-7-10-13-16-19-22-25-27-29-31-34-37-40-43-46-51(61-55(60)48-45-42-39-36-33-28-24-21-18-15-12-9-6-3)49-54(59)56-52(50-57)53(58)47-44-41-38-35-32-30-26-23-20-17-14-11-8-5-2/h9,12,15,18,21,24-25,27,51-53,57-58H,4-8,10-11,13-14,16-17,19-20,22-23,26,28-50H2,1-3H3,(H,56,59)/b12-9+,18-15+,24-21-,27-25+. The number of ether oxygens (including phenoxy) is 1. The van der Waals surface area contributed by atoms with E-state index in [1.165, 1.54) is 128 Å². The van der Waals surface area contributed by atoms with E-state index in [9.17, 15) is 19.8 Å². The molecule has 0 aliphatic carbocycles. The number of carbonyl (C=O) groups is 2. The van der Waals surface area contributed by atoms with Crippen molar-refractivity contribution in [2.45, 2.75) is 283 Å². The van der Waals surface area contributed by atoms with Crippen molar-refractivity contribution in [3.05, 3.63) is 48.6 Å². The third-order valence-corrected chi connectivity index (χ3v) is 12.0. The molecule has 0 radical (unpaired) electrons. The second-order valence-corrected chi connectivity index (χ2v) is 18.0. The van der Waals surface area contributed by atoms with Crippen LogP contribution in [0, 0.1) is 0 Å². The molecule has 0 heterocycles. The predicted molar refractivity (Wildman–Crippen MR) is 264 cm³/mol. The molecule has 0 aliphatic rings. The van der Waals surface area contributed by atoms with Crippen molar-refractivity contribution in [3.8, 4) is 0 Å². The van der Waals surface area contributed by atoms with Crippen molar-refractivity contribution in [3.63, 3.8) is 0 Å². The van der Waals surface area contributed by atoms with E-state index in [2.05, 4.69) is 74.7 Å². The third-order valence-electron chi connectivity index (χ3n) is 12.0. The Morgan fingerprint density at radius 2 is 0.902 bits per heavy atom. The molecular formula is C55H101NO5. The maximum absolute atomic E-state index is 13.2. The lowest BCUT2D eigenvalue weighted by atomic mass is 10.0. The summed E-state index contributed by atoms with van der Waals surface area (Å²) in [7, 11) is 0. The molecule has 0 bridgehead atoms. The zero-order chi connectivity index (χ0) is 44.5. The first kappa shape index (κ1) is 58.8. The van der Waals surface area contributed by atoms with Crippen molar-refractivity contribution in [1.82, 2.24) is 5.32 Å². The van der Waals surface area contributed by atoms with Gasteiger partial charge in [0.1, 0.15) is 6.10 Å². The fourth-order valence-corrected chi connectivity index (χ4v) is 7.96. The number of hydrogen-bond donors (Lipinski definition) is 3. The molecule has 6 nitrogen and oxygen atoms in total. The summed E-state index contributed by atoms with van der Waals surface area (Å²) in [5.74, 6) is -0.500. The highest BCUT2D eigenvalue weighted by Gasteiger charge is 2.24. The van der Waals surface area contributed by atoms with E-state index in [1.54, 1.807) is 0 Å². The molecule has 0 aliphatic heterocycles. The van der Waals surface area contributed by atoms with Gasteiger partial charge in [-0.3, -0.25) is 9.59 Å². The molecule has 0 saturated heterocycles. The van der Waals surface area contributed by atoms with Crippen LogP contribution in [-0.2, 0) is 14.3 Å². The van der Waals surface area contributed by atoms with Crippen LogP contribution in [0.3, 0.4) is 0 Å². The van der Waals surface area contributed by atoms with Crippen LogP contribution in [0.4, 0.5) is 0 Å². The number of hydrogen-bond acceptors (Lipinski definition) is 5. The summed E-state index contributed by atoms with van der Waals surface area (Å²) in [6, 6.07) is -0.708. The van der Waals surface area contributed by atoms with Crippen LogP contribution in [-0.4, -0.2) is 46.9 Å². The van der Waals surface area contributed by atoms with Crippen LogP contribution in [0.5, 0.6) is 0 Å². The van der Waals surface area contributed by atoms with E-state index in [-0.39, 0.29) is 24.9 Å². The summed E-state index contributed by atoms with van der Waals surface area (Å²) in [5, 5.41) is 23.8. The number of aliphatic hydroxyl groups is 2. The summed E-state index contributed by atoms with van der Waals surface area (Å²) in [5.41, 5.74) is 0. The monoisotopic (exact) mass is 856 g/mol. The molecule has 0 fully saturated rings. The number of esters is 1. The lowest BCUT2D eigenvalue weighted by Crippen LogP contribution is -2.46. The molecule has 1 amide bonds. The highest BCUT2D eigenvalue weighted by Crippen LogP contribution is 2.18. The first-order valence-corrected chi connectivity index (χ1v) is 26.4. The van der Waals surface area contributed by atoms with Crippen LogP contribution >= 0.6 is 0 Å². The van der Waals surface area contributed by atoms with Crippen molar-refractivity contribution in [1.29, 1.82) is 0 Å². The van der Waals surface area contributed by atoms with Crippen LogP contribution in [0.2, 0.25) is 0 Å². The first-order valence-electron chi connectivity index (χ1n) is 26.4. The van der Waals surface area contributed by atoms with Gasteiger partial charge in [0.15, 0.2) is 0 Å². The van der Waals surface area contributed by atoms with Crippen molar-refractivity contribution < 1.29 is 24.5 Å². The van der Waals surface area contributed by atoms with Crippen molar-refractivity contribution in [2.24, 2.45) is 0 Å². The summed E-state index contributed by atoms with van der Waals surface area (Å²) in [4.78, 5) is 26.1. The highest BCUT2D eigenvalue weighted by molar-refractivity contribution is 5.77. The topological polar surface area (TPSA) is 95.9 Å². The number of aliphatic hydroxyl groups excluding tert-OH is 2. The molecule has 0 aromatic carbocycles. The molecule has 3 N–H and O–H groups in total. The number of allylic oxidation sites excluding steroid dienone is 8. The van der Waals surface area contributed by atoms with Crippen LogP contribution in [0.1, 0.15) is 265 Å². The van der Waals surface area contributed by atoms with Gasteiger partial charge in [0.2, 0.25) is 5.91 Å². The van der Waals surface area contributed by atoms with E-state index in [1.807, 2.05) is 0 Å². The minimum atomic E-state index is -0.793. The van der Waals surface area contributed by atoms with Gasteiger partial charge < -0.3 is 20.3 Å². The molecule has 0 spiro atoms. The number of amides is 1. The average Bonchev–Trinajstić information content (AvgIpc) is 3.25. The summed E-state index contributed by atoms with van der Waals surface area (Å²) < 4.78 is 5.93. The van der Waals surface area contributed by atoms with E-state index in [0.717, 1.165) is 89.9 Å². The van der Waals surface area contributed by atoms with Gasteiger partial charge in [-0.15, -0.1) is 0 Å². The Hall–Kier alpha value is -2.18. The molecular weight excluding hydrogens is 755 g/mol. The third kappa shape index (κ3) is 44.2. The Morgan fingerprint density at radius 1 is 0.492 bits per heavy atom. The maximum Gasteiger partial charge on any atom is 0.306 e. The Labute approximate surface area is 378 Å². The first-order chi connectivity index (χ1) is 30.0. The molecule has 0 aromatic rings. The van der Waals surface area contributed by atoms with E-state index in [4.69, 9.17) is 4.74 Å². The van der Waals surface area contributed by atoms with Crippen molar-refractivity contribution in [2.75, 3.05) is 6.61 Å². The lowest BCUT2D eigenvalue weighted by molar-refractivity contribution is -0.151. The minimum Gasteiger partial charge on any atom is -0.462 e. The molecule has 6 heteroatoms. The molecule has 61 heavy (non-hydrogen) atoms. The van der Waals surface area contributed by atoms with Gasteiger partial charge in [0, 0.05) is 6.42 Å². The van der Waals surface area contributed by atoms with Gasteiger partial charge in [0.05, 0.1) is 25.2 Å². The van der Waals surface area contributed by atoms with Crippen molar-refractivity contribution >= 4 is 11.9 Å². The fourth-order valence-electron chi connectivity index (χ4n) is 7.96. The number of rotatable bonds is 47. The molecule has 0 rings (SSSR count). The quantitative estimate of drug-likeness (QED) is 0.0245. The van der Waals surface area contributed by atoms with Gasteiger partial charge in [-0.1, -0.05) is 230 Å². The Kier molecular flexibility index (Phi) is 47.1. The minimum absolute atomic E-state index is 0.0643. The normalized spacial score (nSPS) is 13.6. The fraction of sp³-hybridized carbons (Fsp3) is 0.818. The second-order valence-electron chi connectivity index (χ2n) is 18.0. The SMILES string of the molecule is CC/C=C/C=C/C=C\CCCCCCCC(=O)OC(CCCCCCC/C=C/CCCCCCCC)CC(=O)NC(CO)C(O)CCCCCCCCCCCCCCCC. The van der Waals surface area contributed by atoms with Crippen LogP contribution in [0.25, 0.3) is 0 Å². The van der Waals surface area contributed by atoms with E-state index < -0.39 is 18.2 Å². The zero-order valence-electron chi connectivity index (χ0n) is 40.5. The van der Waals surface area contributed by atoms with Gasteiger partial charge in [-0.2, -0.15) is 0 Å². The number of unbranched alkanes of at least 4 members (excludes halogenated alkanes) is 29. The highest BCUT2D eigenvalue weighted by atomic mass is 16.5. The summed E-state index contributed by atoms with van der Waals surface area (Å²) in [6.45, 7) is 6.35. The average molecular weight is 856 g/mol. The summed E-state index contributed by atoms with van der Waals surface area (Å²) >= 11 is 0.